The number of aliphatic hydroxyl groups is 1. The Labute approximate surface area is 107 Å². The first-order chi connectivity index (χ1) is 8.40. The lowest BCUT2D eigenvalue weighted by Crippen LogP contribution is -2.26. The van der Waals surface area contributed by atoms with Gasteiger partial charge in [0.15, 0.2) is 11.6 Å². The van der Waals surface area contributed by atoms with E-state index in [0.29, 0.717) is 18.0 Å². The maximum Gasteiger partial charge on any atom is 0.159 e. The Morgan fingerprint density at radius 1 is 1.22 bits per heavy atom. The normalized spacial score (nSPS) is 13.3. The second-order valence-electron chi connectivity index (χ2n) is 5.13. The van der Waals surface area contributed by atoms with Gasteiger partial charge in [-0.15, -0.1) is 0 Å². The molecule has 0 aromatic heterocycles. The Hall–Kier alpha value is -1.00. The minimum Gasteiger partial charge on any atom is -0.387 e. The van der Waals surface area contributed by atoms with Gasteiger partial charge < -0.3 is 10.0 Å². The Bertz CT molecular complexity index is 382. The van der Waals surface area contributed by atoms with Gasteiger partial charge >= 0.3 is 0 Å². The number of halogens is 2. The van der Waals surface area contributed by atoms with E-state index in [1.165, 1.54) is 6.07 Å². The van der Waals surface area contributed by atoms with E-state index < -0.39 is 17.7 Å². The maximum atomic E-state index is 13.0. The minimum absolute atomic E-state index is 0.408. The number of hydrogen-bond acceptors (Lipinski definition) is 2. The van der Waals surface area contributed by atoms with E-state index in [4.69, 9.17) is 0 Å². The first-order valence-corrected chi connectivity index (χ1v) is 6.21. The maximum absolute atomic E-state index is 13.0. The summed E-state index contributed by atoms with van der Waals surface area (Å²) in [4.78, 5) is 1.99. The van der Waals surface area contributed by atoms with Crippen LogP contribution in [0, 0.1) is 17.6 Å². The number of benzene rings is 1. The Kier molecular flexibility index (Phi) is 5.69. The van der Waals surface area contributed by atoms with Crippen LogP contribution in [0.4, 0.5) is 8.78 Å². The van der Waals surface area contributed by atoms with Crippen LogP contribution in [0.5, 0.6) is 0 Å². The fraction of sp³-hybridized carbons (Fsp3) is 0.571. The molecule has 4 heteroatoms. The lowest BCUT2D eigenvalue weighted by molar-refractivity contribution is 0.124. The van der Waals surface area contributed by atoms with Gasteiger partial charge in [0.25, 0.3) is 0 Å². The molecule has 0 heterocycles. The molecule has 0 saturated heterocycles. The van der Waals surface area contributed by atoms with Crippen LogP contribution in [-0.2, 0) is 0 Å². The van der Waals surface area contributed by atoms with Crippen molar-refractivity contribution in [3.63, 3.8) is 0 Å². The summed E-state index contributed by atoms with van der Waals surface area (Å²) in [5, 5.41) is 9.94. The summed E-state index contributed by atoms with van der Waals surface area (Å²) in [5.41, 5.74) is 0.408. The van der Waals surface area contributed by atoms with Crippen LogP contribution >= 0.6 is 0 Å². The van der Waals surface area contributed by atoms with E-state index in [-0.39, 0.29) is 0 Å². The lowest BCUT2D eigenvalue weighted by Gasteiger charge is -2.21. The quantitative estimate of drug-likeness (QED) is 0.847. The molecule has 0 aliphatic rings. The van der Waals surface area contributed by atoms with Crippen molar-refractivity contribution in [2.45, 2.75) is 26.4 Å². The highest BCUT2D eigenvalue weighted by Gasteiger charge is 2.13. The highest BCUT2D eigenvalue weighted by Crippen LogP contribution is 2.17. The van der Waals surface area contributed by atoms with Crippen LogP contribution < -0.4 is 0 Å². The summed E-state index contributed by atoms with van der Waals surface area (Å²) in [6.07, 6.45) is 0.248. The van der Waals surface area contributed by atoms with Gasteiger partial charge in [0.2, 0.25) is 0 Å². The molecule has 18 heavy (non-hydrogen) atoms. The minimum atomic E-state index is -0.920. The molecular weight excluding hydrogens is 236 g/mol. The van der Waals surface area contributed by atoms with Crippen molar-refractivity contribution in [2.75, 3.05) is 20.1 Å². The molecule has 1 unspecified atom stereocenters. The summed E-state index contributed by atoms with van der Waals surface area (Å²) in [5.74, 6) is -1.21. The van der Waals surface area contributed by atoms with Crippen LogP contribution in [-0.4, -0.2) is 30.1 Å². The molecule has 0 aliphatic heterocycles. The van der Waals surface area contributed by atoms with E-state index in [2.05, 4.69) is 13.8 Å². The first-order valence-electron chi connectivity index (χ1n) is 6.21. The zero-order valence-electron chi connectivity index (χ0n) is 11.2. The molecule has 2 nitrogen and oxygen atoms in total. The Balaban J connectivity index is 2.53. The smallest absolute Gasteiger partial charge is 0.159 e. The van der Waals surface area contributed by atoms with Crippen molar-refractivity contribution in [1.29, 1.82) is 0 Å². The zero-order valence-corrected chi connectivity index (χ0v) is 11.2. The number of hydrogen-bond donors (Lipinski definition) is 1. The summed E-state index contributed by atoms with van der Waals surface area (Å²) < 4.78 is 25.8. The number of aliphatic hydroxyl groups excluding tert-OH is 1. The van der Waals surface area contributed by atoms with E-state index in [0.717, 1.165) is 25.1 Å². The number of rotatable bonds is 6. The predicted molar refractivity (Wildman–Crippen MR) is 68.3 cm³/mol. The predicted octanol–water partition coefficient (Wildman–Crippen LogP) is 2.98. The van der Waals surface area contributed by atoms with Gasteiger partial charge in [-0.05, 0) is 43.6 Å². The van der Waals surface area contributed by atoms with Crippen LogP contribution in [0.15, 0.2) is 18.2 Å². The highest BCUT2D eigenvalue weighted by molar-refractivity contribution is 5.20. The molecule has 1 atom stereocenters. The molecule has 1 N–H and O–H groups in total. The van der Waals surface area contributed by atoms with Crippen molar-refractivity contribution in [3.05, 3.63) is 35.4 Å². The third kappa shape index (κ3) is 4.70. The third-order valence-electron chi connectivity index (χ3n) is 2.90. The molecule has 0 spiro atoms. The molecule has 0 aliphatic carbocycles. The van der Waals surface area contributed by atoms with Gasteiger partial charge in [-0.25, -0.2) is 8.78 Å². The Morgan fingerprint density at radius 3 is 2.44 bits per heavy atom. The monoisotopic (exact) mass is 257 g/mol. The van der Waals surface area contributed by atoms with Crippen LogP contribution in [0.25, 0.3) is 0 Å². The SMILES string of the molecule is CC(C)CCN(C)CC(O)c1ccc(F)c(F)c1. The van der Waals surface area contributed by atoms with Gasteiger partial charge in [0, 0.05) is 6.54 Å². The summed E-state index contributed by atoms with van der Waals surface area (Å²) >= 11 is 0. The number of nitrogens with zero attached hydrogens (tertiary/aromatic N) is 1. The molecule has 102 valence electrons. The second-order valence-corrected chi connectivity index (χ2v) is 5.13. The zero-order chi connectivity index (χ0) is 13.7. The van der Waals surface area contributed by atoms with Gasteiger partial charge in [-0.2, -0.15) is 0 Å². The second kappa shape index (κ2) is 6.81. The first kappa shape index (κ1) is 15.1. The van der Waals surface area contributed by atoms with Crippen LogP contribution in [0.1, 0.15) is 31.9 Å². The van der Waals surface area contributed by atoms with E-state index in [1.54, 1.807) is 0 Å². The summed E-state index contributed by atoms with van der Waals surface area (Å²) in [6, 6.07) is 3.51. The van der Waals surface area contributed by atoms with Crippen molar-refractivity contribution in [3.8, 4) is 0 Å². The molecule has 0 bridgehead atoms. The van der Waals surface area contributed by atoms with Crippen molar-refractivity contribution >= 4 is 0 Å². The molecule has 1 aromatic carbocycles. The molecule has 0 radical (unpaired) electrons. The average Bonchev–Trinajstić information content (AvgIpc) is 2.30. The van der Waals surface area contributed by atoms with Crippen LogP contribution in [0.3, 0.4) is 0 Å². The standard InChI is InChI=1S/C14H21F2NO/c1-10(2)6-7-17(3)9-14(18)11-4-5-12(15)13(16)8-11/h4-5,8,10,14,18H,6-7,9H2,1-3H3. The van der Waals surface area contributed by atoms with Crippen molar-refractivity contribution < 1.29 is 13.9 Å². The molecule has 1 rings (SSSR count). The van der Waals surface area contributed by atoms with E-state index in [9.17, 15) is 13.9 Å². The van der Waals surface area contributed by atoms with Gasteiger partial charge in [0.1, 0.15) is 0 Å². The molecule has 0 saturated carbocycles. The van der Waals surface area contributed by atoms with Gasteiger partial charge in [-0.3, -0.25) is 0 Å². The highest BCUT2D eigenvalue weighted by atomic mass is 19.2. The average molecular weight is 257 g/mol. The molecule has 0 amide bonds. The molecule has 0 fully saturated rings. The number of likely N-dealkylation sites (N-methyl/N-ethyl adjacent to an activating group) is 1. The fourth-order valence-electron chi connectivity index (χ4n) is 1.69. The van der Waals surface area contributed by atoms with E-state index >= 15 is 0 Å². The van der Waals surface area contributed by atoms with Crippen LogP contribution in [0.2, 0.25) is 0 Å². The third-order valence-corrected chi connectivity index (χ3v) is 2.90. The van der Waals surface area contributed by atoms with Crippen molar-refractivity contribution in [2.24, 2.45) is 5.92 Å². The summed E-state index contributed by atoms with van der Waals surface area (Å²) in [6.45, 7) is 5.56. The lowest BCUT2D eigenvalue weighted by atomic mass is 10.1. The van der Waals surface area contributed by atoms with Gasteiger partial charge in [0.05, 0.1) is 6.10 Å². The molecule has 1 aromatic rings. The van der Waals surface area contributed by atoms with Gasteiger partial charge in [-0.1, -0.05) is 19.9 Å². The largest absolute Gasteiger partial charge is 0.387 e. The van der Waals surface area contributed by atoms with Crippen molar-refractivity contribution in [1.82, 2.24) is 4.90 Å². The summed E-state index contributed by atoms with van der Waals surface area (Å²) in [7, 11) is 1.91. The van der Waals surface area contributed by atoms with E-state index in [1.807, 2.05) is 11.9 Å². The molecular formula is C14H21F2NO. The topological polar surface area (TPSA) is 23.5 Å². The Morgan fingerprint density at radius 2 is 1.89 bits per heavy atom. The fourth-order valence-corrected chi connectivity index (χ4v) is 1.69.